The summed E-state index contributed by atoms with van der Waals surface area (Å²) < 4.78 is 64.8. The fourth-order valence-corrected chi connectivity index (χ4v) is 0.111. The lowest BCUT2D eigenvalue weighted by Crippen LogP contribution is -2.34. The minimum absolute atomic E-state index is 2.48. The fourth-order valence-electron chi connectivity index (χ4n) is 0.111. The molecule has 0 saturated carbocycles. The molecule has 0 heterocycles. The number of nitrogens with zero attached hydrogens (tertiary/aromatic N) is 1. The number of hydrogen-bond donors (Lipinski definition) is 0. The summed E-state index contributed by atoms with van der Waals surface area (Å²) in [6.07, 6.45) is -5.60. The van der Waals surface area contributed by atoms with Crippen LogP contribution in [0.5, 0.6) is 0 Å². The largest absolute Gasteiger partial charge is 0.492 e. The molecular formula is C2HF6N. The molecule has 0 aliphatic heterocycles. The molecule has 9 heavy (non-hydrogen) atoms. The summed E-state index contributed by atoms with van der Waals surface area (Å²) in [6, 6.07) is 0. The Bertz CT molecular complexity index is 85.5. The zero-order valence-electron chi connectivity index (χ0n) is 3.79. The van der Waals surface area contributed by atoms with Crippen LogP contribution in [0.1, 0.15) is 0 Å². The van der Waals surface area contributed by atoms with Crippen LogP contribution in [0.3, 0.4) is 0 Å². The van der Waals surface area contributed by atoms with Gasteiger partial charge in [-0.25, -0.2) is 0 Å². The SMILES string of the molecule is FC(F)N(F)C(F)(F)F. The van der Waals surface area contributed by atoms with Crippen LogP contribution in [0.4, 0.5) is 26.4 Å². The van der Waals surface area contributed by atoms with E-state index in [1.165, 1.54) is 0 Å². The number of hydrogen-bond acceptors (Lipinski definition) is 1. The van der Waals surface area contributed by atoms with Gasteiger partial charge in [-0.05, 0) is 0 Å². The van der Waals surface area contributed by atoms with Crippen molar-refractivity contribution < 1.29 is 26.4 Å². The van der Waals surface area contributed by atoms with Gasteiger partial charge in [0.2, 0.25) is 0 Å². The Hall–Kier alpha value is -0.460. The van der Waals surface area contributed by atoms with Crippen LogP contribution >= 0.6 is 0 Å². The standard InChI is InChI=1S/C2HF6N/c3-1(4)9(8)2(5,6)7/h1H. The summed E-state index contributed by atoms with van der Waals surface area (Å²) in [7, 11) is 0. The van der Waals surface area contributed by atoms with Gasteiger partial charge in [0.1, 0.15) is 0 Å². The Kier molecular flexibility index (Phi) is 2.30. The smallest absolute Gasteiger partial charge is 0.189 e. The van der Waals surface area contributed by atoms with Crippen molar-refractivity contribution in [3.8, 4) is 0 Å². The summed E-state index contributed by atoms with van der Waals surface area (Å²) in [5.74, 6) is 0. The highest BCUT2D eigenvalue weighted by Crippen LogP contribution is 2.24. The lowest BCUT2D eigenvalue weighted by atomic mass is 11.0. The van der Waals surface area contributed by atoms with Gasteiger partial charge in [0.25, 0.3) is 0 Å². The molecule has 0 fully saturated rings. The third-order valence-corrected chi connectivity index (χ3v) is 0.414. The van der Waals surface area contributed by atoms with E-state index in [1.807, 2.05) is 0 Å². The van der Waals surface area contributed by atoms with Gasteiger partial charge in [-0.15, -0.1) is 4.48 Å². The van der Waals surface area contributed by atoms with Crippen LogP contribution in [0.15, 0.2) is 0 Å². The maximum absolute atomic E-state index is 11.0. The van der Waals surface area contributed by atoms with Crippen molar-refractivity contribution in [2.45, 2.75) is 12.8 Å². The Balaban J connectivity index is 3.88. The quantitative estimate of drug-likeness (QED) is 0.316. The van der Waals surface area contributed by atoms with E-state index < -0.39 is 18.0 Å². The predicted octanol–water partition coefficient (Wildman–Crippen LogP) is 1.92. The first-order chi connectivity index (χ1) is 3.85. The van der Waals surface area contributed by atoms with Gasteiger partial charge in [-0.3, -0.25) is 0 Å². The average molecular weight is 153 g/mol. The van der Waals surface area contributed by atoms with E-state index in [1.54, 1.807) is 0 Å². The monoisotopic (exact) mass is 153 g/mol. The molecule has 0 aromatic rings. The summed E-state index contributed by atoms with van der Waals surface area (Å²) in [5.41, 5.74) is 0. The lowest BCUT2D eigenvalue weighted by Gasteiger charge is -2.12. The molecule has 0 N–H and O–H groups in total. The molecule has 0 unspecified atom stereocenters. The fraction of sp³-hybridized carbons (Fsp3) is 1.00. The molecule has 0 bridgehead atoms. The van der Waals surface area contributed by atoms with E-state index in [2.05, 4.69) is 0 Å². The number of halogens is 6. The van der Waals surface area contributed by atoms with Gasteiger partial charge in [0.05, 0.1) is 0 Å². The summed E-state index contributed by atoms with van der Waals surface area (Å²) >= 11 is 0. The Morgan fingerprint density at radius 1 is 1.11 bits per heavy atom. The Morgan fingerprint density at radius 3 is 1.44 bits per heavy atom. The minimum atomic E-state index is -5.60. The van der Waals surface area contributed by atoms with Gasteiger partial charge >= 0.3 is 12.8 Å². The van der Waals surface area contributed by atoms with Crippen molar-refractivity contribution in [2.75, 3.05) is 0 Å². The second kappa shape index (κ2) is 2.42. The van der Waals surface area contributed by atoms with Crippen LogP contribution in [0.2, 0.25) is 0 Å². The molecule has 0 aromatic heterocycles. The molecule has 0 spiro atoms. The molecule has 0 rings (SSSR count). The van der Waals surface area contributed by atoms with E-state index in [0.717, 1.165) is 0 Å². The van der Waals surface area contributed by atoms with Gasteiger partial charge in [-0.1, -0.05) is 0 Å². The first-order valence-electron chi connectivity index (χ1n) is 1.65. The van der Waals surface area contributed by atoms with Crippen molar-refractivity contribution in [3.05, 3.63) is 0 Å². The molecule has 0 saturated heterocycles. The molecule has 0 aliphatic carbocycles. The minimum Gasteiger partial charge on any atom is -0.189 e. The Morgan fingerprint density at radius 2 is 1.44 bits per heavy atom. The van der Waals surface area contributed by atoms with Crippen LogP contribution in [0, 0.1) is 0 Å². The molecule has 7 heteroatoms. The maximum Gasteiger partial charge on any atom is 0.492 e. The van der Waals surface area contributed by atoms with Crippen LogP contribution < -0.4 is 0 Å². The van der Waals surface area contributed by atoms with E-state index in [4.69, 9.17) is 0 Å². The molecule has 0 amide bonds. The van der Waals surface area contributed by atoms with E-state index >= 15 is 0 Å². The number of alkyl halides is 5. The van der Waals surface area contributed by atoms with Gasteiger partial charge in [0.15, 0.2) is 0 Å². The predicted molar refractivity (Wildman–Crippen MR) is 15.0 cm³/mol. The summed E-state index contributed by atoms with van der Waals surface area (Å²) in [5, 5.41) is -2.48. The molecule has 0 atom stereocenters. The second-order valence-electron chi connectivity index (χ2n) is 1.06. The molecule has 56 valence electrons. The zero-order valence-corrected chi connectivity index (χ0v) is 3.79. The van der Waals surface area contributed by atoms with Crippen LogP contribution in [0.25, 0.3) is 0 Å². The normalized spacial score (nSPS) is 13.3. The highest BCUT2D eigenvalue weighted by atomic mass is 19.4. The summed E-state index contributed by atoms with van der Waals surface area (Å²) in [4.78, 5) is 0. The van der Waals surface area contributed by atoms with Crippen molar-refractivity contribution in [2.24, 2.45) is 0 Å². The molecule has 1 nitrogen and oxygen atoms in total. The Labute approximate surface area is 45.8 Å². The van der Waals surface area contributed by atoms with E-state index in [9.17, 15) is 26.4 Å². The topological polar surface area (TPSA) is 3.24 Å². The first-order valence-corrected chi connectivity index (χ1v) is 1.65. The van der Waals surface area contributed by atoms with E-state index in [-0.39, 0.29) is 0 Å². The maximum atomic E-state index is 11.0. The van der Waals surface area contributed by atoms with Crippen molar-refractivity contribution in [1.82, 2.24) is 5.12 Å². The van der Waals surface area contributed by atoms with E-state index in [0.29, 0.717) is 0 Å². The first kappa shape index (κ1) is 8.54. The third-order valence-electron chi connectivity index (χ3n) is 0.414. The van der Waals surface area contributed by atoms with Gasteiger partial charge < -0.3 is 0 Å². The zero-order chi connectivity index (χ0) is 7.65. The van der Waals surface area contributed by atoms with Crippen molar-refractivity contribution >= 4 is 0 Å². The van der Waals surface area contributed by atoms with Crippen LogP contribution in [-0.2, 0) is 0 Å². The van der Waals surface area contributed by atoms with Crippen molar-refractivity contribution in [1.29, 1.82) is 0 Å². The highest BCUT2D eigenvalue weighted by Gasteiger charge is 2.44. The highest BCUT2D eigenvalue weighted by molar-refractivity contribution is 4.40. The molecule has 0 aliphatic rings. The average Bonchev–Trinajstić information content (AvgIpc) is 1.62. The second-order valence-corrected chi connectivity index (χ2v) is 1.06. The van der Waals surface area contributed by atoms with Gasteiger partial charge in [0, 0.05) is 5.12 Å². The molecular weight excluding hydrogens is 152 g/mol. The van der Waals surface area contributed by atoms with Crippen molar-refractivity contribution in [3.63, 3.8) is 0 Å². The van der Waals surface area contributed by atoms with Gasteiger partial charge in [-0.2, -0.15) is 22.0 Å². The lowest BCUT2D eigenvalue weighted by molar-refractivity contribution is -0.362. The number of rotatable bonds is 1. The molecule has 0 radical (unpaired) electrons. The third kappa shape index (κ3) is 2.54. The molecule has 0 aromatic carbocycles. The summed E-state index contributed by atoms with van der Waals surface area (Å²) in [6.45, 7) is -4.15. The van der Waals surface area contributed by atoms with Crippen LogP contribution in [-0.4, -0.2) is 18.0 Å².